The van der Waals surface area contributed by atoms with Gasteiger partial charge in [0.2, 0.25) is 0 Å². The van der Waals surface area contributed by atoms with Crippen LogP contribution in [-0.4, -0.2) is 56.3 Å². The quantitative estimate of drug-likeness (QED) is 0.876. The van der Waals surface area contributed by atoms with Gasteiger partial charge in [-0.05, 0) is 12.1 Å². The van der Waals surface area contributed by atoms with Crippen LogP contribution in [0.3, 0.4) is 0 Å². The fourth-order valence-electron chi connectivity index (χ4n) is 2.88. The molecule has 10 heteroatoms. The molecule has 1 amide bonds. The van der Waals surface area contributed by atoms with E-state index in [1.54, 1.807) is 12.1 Å². The number of carbonyl (C=O) groups excluding carboxylic acids is 1. The molecule has 1 aliphatic heterocycles. The van der Waals surface area contributed by atoms with Crippen molar-refractivity contribution >= 4 is 11.9 Å². The molecule has 25 heavy (non-hydrogen) atoms. The van der Waals surface area contributed by atoms with Crippen molar-refractivity contribution in [2.45, 2.75) is 6.18 Å². The van der Waals surface area contributed by atoms with Crippen molar-refractivity contribution in [3.8, 4) is 11.4 Å². The number of carbonyl (C=O) groups is 2. The van der Waals surface area contributed by atoms with Gasteiger partial charge in [0.1, 0.15) is 6.33 Å². The Kier molecular flexibility index (Phi) is 4.19. The molecule has 1 saturated heterocycles. The van der Waals surface area contributed by atoms with Gasteiger partial charge in [-0.25, -0.2) is 4.98 Å². The highest BCUT2D eigenvalue weighted by Gasteiger charge is 2.53. The molecule has 1 aromatic heterocycles. The van der Waals surface area contributed by atoms with E-state index in [1.807, 2.05) is 0 Å². The predicted molar refractivity (Wildman–Crippen MR) is 78.4 cm³/mol. The third-order valence-corrected chi connectivity index (χ3v) is 4.14. The Morgan fingerprint density at radius 1 is 1.28 bits per heavy atom. The number of benzene rings is 1. The average Bonchev–Trinajstić information content (AvgIpc) is 3.23. The van der Waals surface area contributed by atoms with E-state index in [2.05, 4.69) is 15.2 Å². The number of rotatable bonds is 3. The van der Waals surface area contributed by atoms with Crippen molar-refractivity contribution in [2.24, 2.45) is 11.8 Å². The maximum Gasteiger partial charge on any atom is 0.394 e. The molecule has 0 aliphatic carbocycles. The van der Waals surface area contributed by atoms with E-state index in [4.69, 9.17) is 5.11 Å². The Morgan fingerprint density at radius 2 is 2.04 bits per heavy atom. The number of hydrogen-bond donors (Lipinski definition) is 2. The van der Waals surface area contributed by atoms with Gasteiger partial charge in [0.05, 0.1) is 11.8 Å². The molecule has 1 fully saturated rings. The Bertz CT molecular complexity index is 792. The number of carboxylic acids is 1. The minimum Gasteiger partial charge on any atom is -0.481 e. The van der Waals surface area contributed by atoms with Gasteiger partial charge >= 0.3 is 12.1 Å². The van der Waals surface area contributed by atoms with Gasteiger partial charge in [0.25, 0.3) is 5.91 Å². The summed E-state index contributed by atoms with van der Waals surface area (Å²) in [7, 11) is 0. The number of halogens is 3. The lowest BCUT2D eigenvalue weighted by molar-refractivity contribution is -0.187. The topological polar surface area (TPSA) is 99.2 Å². The van der Waals surface area contributed by atoms with E-state index in [-0.39, 0.29) is 5.56 Å². The van der Waals surface area contributed by atoms with Crippen LogP contribution in [0.4, 0.5) is 13.2 Å². The Morgan fingerprint density at radius 3 is 2.60 bits per heavy atom. The zero-order valence-corrected chi connectivity index (χ0v) is 12.7. The van der Waals surface area contributed by atoms with Crippen molar-refractivity contribution in [3.63, 3.8) is 0 Å². The third kappa shape index (κ3) is 3.32. The number of nitrogens with one attached hydrogen (secondary N) is 1. The van der Waals surface area contributed by atoms with Gasteiger partial charge in [-0.1, -0.05) is 12.1 Å². The number of aromatic amines is 1. The molecule has 0 unspecified atom stereocenters. The minimum atomic E-state index is -4.68. The van der Waals surface area contributed by atoms with Crippen LogP contribution in [-0.2, 0) is 4.79 Å². The second-order valence-electron chi connectivity index (χ2n) is 5.72. The summed E-state index contributed by atoms with van der Waals surface area (Å²) >= 11 is 0. The van der Waals surface area contributed by atoms with Crippen LogP contribution >= 0.6 is 0 Å². The van der Waals surface area contributed by atoms with E-state index in [9.17, 15) is 22.8 Å². The normalized spacial score (nSPS) is 20.7. The largest absolute Gasteiger partial charge is 0.481 e. The van der Waals surface area contributed by atoms with Crippen molar-refractivity contribution in [3.05, 3.63) is 36.2 Å². The number of carboxylic acid groups (broad SMARTS) is 1. The molecule has 0 radical (unpaired) electrons. The molecule has 1 aromatic carbocycles. The number of aliphatic carboxylic acids is 1. The smallest absolute Gasteiger partial charge is 0.394 e. The van der Waals surface area contributed by atoms with Gasteiger partial charge in [0, 0.05) is 24.2 Å². The summed E-state index contributed by atoms with van der Waals surface area (Å²) in [5.74, 6) is -5.55. The van der Waals surface area contributed by atoms with Crippen molar-refractivity contribution in [1.82, 2.24) is 20.1 Å². The van der Waals surface area contributed by atoms with Gasteiger partial charge in [0.15, 0.2) is 5.82 Å². The Hall–Kier alpha value is -2.91. The standard InChI is InChI=1S/C15H13F3N4O3/c16-15(17,18)11-6-22(5-10(11)14(24)25)13(23)9-3-1-2-8(4-9)12-19-7-20-21-12/h1-4,7,10-11H,5-6H2,(H,24,25)(H,19,20,21)/t10-,11-/m1/s1. The first kappa shape index (κ1) is 16.9. The van der Waals surface area contributed by atoms with Gasteiger partial charge in [-0.15, -0.1) is 0 Å². The summed E-state index contributed by atoms with van der Waals surface area (Å²) in [6.45, 7) is -1.16. The highest BCUT2D eigenvalue weighted by molar-refractivity contribution is 5.96. The Balaban J connectivity index is 1.84. The molecule has 2 aromatic rings. The average molecular weight is 354 g/mol. The SMILES string of the molecule is O=C(O)[C@@H]1CN(C(=O)c2cccc(-c3ncn[nH]3)c2)C[C@H]1C(F)(F)F. The number of nitrogens with zero attached hydrogens (tertiary/aromatic N) is 3. The monoisotopic (exact) mass is 354 g/mol. The second kappa shape index (κ2) is 6.19. The zero-order valence-electron chi connectivity index (χ0n) is 12.7. The molecule has 0 spiro atoms. The summed E-state index contributed by atoms with van der Waals surface area (Å²) in [4.78, 5) is 28.5. The van der Waals surface area contributed by atoms with Crippen LogP contribution in [0.5, 0.6) is 0 Å². The molecule has 7 nitrogen and oxygen atoms in total. The molecule has 0 bridgehead atoms. The summed E-state index contributed by atoms with van der Waals surface area (Å²) in [5.41, 5.74) is 0.700. The second-order valence-corrected chi connectivity index (χ2v) is 5.72. The molecule has 2 heterocycles. The van der Waals surface area contributed by atoms with Gasteiger partial charge in [-0.3, -0.25) is 14.7 Å². The number of alkyl halides is 3. The van der Waals surface area contributed by atoms with E-state index in [0.717, 1.165) is 4.90 Å². The molecule has 2 atom stereocenters. The number of aromatic nitrogens is 3. The molecule has 132 valence electrons. The van der Waals surface area contributed by atoms with Crippen LogP contribution in [0.1, 0.15) is 10.4 Å². The predicted octanol–water partition coefficient (Wildman–Crippen LogP) is 1.81. The van der Waals surface area contributed by atoms with Gasteiger partial charge in [-0.2, -0.15) is 18.3 Å². The zero-order chi connectivity index (χ0) is 18.2. The number of amides is 1. The number of H-pyrrole nitrogens is 1. The van der Waals surface area contributed by atoms with E-state index in [0.29, 0.717) is 11.4 Å². The maximum absolute atomic E-state index is 13.0. The fraction of sp³-hybridized carbons (Fsp3) is 0.333. The minimum absolute atomic E-state index is 0.154. The molecule has 0 saturated carbocycles. The lowest BCUT2D eigenvalue weighted by atomic mass is 9.96. The van der Waals surface area contributed by atoms with E-state index < -0.39 is 43.0 Å². The third-order valence-electron chi connectivity index (χ3n) is 4.14. The number of likely N-dealkylation sites (tertiary alicyclic amines) is 1. The molecule has 2 N–H and O–H groups in total. The van der Waals surface area contributed by atoms with E-state index >= 15 is 0 Å². The highest BCUT2D eigenvalue weighted by Crippen LogP contribution is 2.38. The molecule has 3 rings (SSSR count). The molecule has 1 aliphatic rings. The van der Waals surface area contributed by atoms with Crippen molar-refractivity contribution in [2.75, 3.05) is 13.1 Å². The summed E-state index contributed by atoms with van der Waals surface area (Å²) in [6.07, 6.45) is -3.39. The van der Waals surface area contributed by atoms with Crippen molar-refractivity contribution in [1.29, 1.82) is 0 Å². The fourth-order valence-corrected chi connectivity index (χ4v) is 2.88. The van der Waals surface area contributed by atoms with Crippen LogP contribution in [0, 0.1) is 11.8 Å². The lowest BCUT2D eigenvalue weighted by Crippen LogP contribution is -2.34. The van der Waals surface area contributed by atoms with Crippen LogP contribution in [0.25, 0.3) is 11.4 Å². The van der Waals surface area contributed by atoms with Crippen LogP contribution < -0.4 is 0 Å². The first-order chi connectivity index (χ1) is 11.8. The first-order valence-electron chi connectivity index (χ1n) is 7.32. The maximum atomic E-state index is 13.0. The molecular weight excluding hydrogens is 341 g/mol. The number of hydrogen-bond acceptors (Lipinski definition) is 4. The molecular formula is C15H13F3N4O3. The summed E-state index contributed by atoms with van der Waals surface area (Å²) in [6, 6.07) is 6.16. The Labute approximate surface area is 139 Å². The van der Waals surface area contributed by atoms with Crippen LogP contribution in [0.2, 0.25) is 0 Å². The highest BCUT2D eigenvalue weighted by atomic mass is 19.4. The first-order valence-corrected chi connectivity index (χ1v) is 7.32. The van der Waals surface area contributed by atoms with Crippen molar-refractivity contribution < 1.29 is 27.9 Å². The van der Waals surface area contributed by atoms with Gasteiger partial charge < -0.3 is 10.0 Å². The summed E-state index contributed by atoms with van der Waals surface area (Å²) in [5, 5.41) is 15.3. The summed E-state index contributed by atoms with van der Waals surface area (Å²) < 4.78 is 39.1. The van der Waals surface area contributed by atoms with E-state index in [1.165, 1.54) is 18.5 Å². The lowest BCUT2D eigenvalue weighted by Gasteiger charge is -2.18. The van der Waals surface area contributed by atoms with Crippen LogP contribution in [0.15, 0.2) is 30.6 Å².